The van der Waals surface area contributed by atoms with E-state index in [-0.39, 0.29) is 17.5 Å². The van der Waals surface area contributed by atoms with Gasteiger partial charge >= 0.3 is 6.09 Å². The third kappa shape index (κ3) is 5.85. The molecule has 0 radical (unpaired) electrons. The average Bonchev–Trinajstić information content (AvgIpc) is 2.68. The van der Waals surface area contributed by atoms with Crippen molar-refractivity contribution in [3.05, 3.63) is 29.6 Å². The van der Waals surface area contributed by atoms with Crippen molar-refractivity contribution in [3.8, 4) is 11.4 Å². The average molecular weight is 435 g/mol. The number of thioether (sulfide) groups is 1. The topological polar surface area (TPSA) is 84.3 Å². The Hall–Kier alpha value is -2.33. The first kappa shape index (κ1) is 22.4. The first-order valence-corrected chi connectivity index (χ1v) is 11.0. The molecule has 1 aliphatic rings. The number of aromatic nitrogens is 4. The molecule has 0 unspecified atom stereocenters. The lowest BCUT2D eigenvalue weighted by Crippen LogP contribution is -2.49. The normalized spacial score (nSPS) is 15.3. The number of pyridine rings is 1. The minimum atomic E-state index is -0.605. The van der Waals surface area contributed by atoms with Gasteiger partial charge in [0.1, 0.15) is 11.4 Å². The predicted molar refractivity (Wildman–Crippen MR) is 113 cm³/mol. The number of carbonyl (C=O) groups is 1. The van der Waals surface area contributed by atoms with Gasteiger partial charge in [-0.15, -0.1) is 0 Å². The quantitative estimate of drug-likeness (QED) is 0.536. The highest BCUT2D eigenvalue weighted by atomic mass is 32.2. The molecule has 30 heavy (non-hydrogen) atoms. The molecule has 0 atom stereocenters. The zero-order valence-corrected chi connectivity index (χ0v) is 18.8. The minimum absolute atomic E-state index is 0.265. The largest absolute Gasteiger partial charge is 0.444 e. The van der Waals surface area contributed by atoms with Crippen molar-refractivity contribution in [1.29, 1.82) is 0 Å². The van der Waals surface area contributed by atoms with E-state index in [0.29, 0.717) is 43.7 Å². The fourth-order valence-corrected chi connectivity index (χ4v) is 3.48. The summed E-state index contributed by atoms with van der Waals surface area (Å²) in [5, 5.41) is 0.542. The highest BCUT2D eigenvalue weighted by Gasteiger charge is 2.26. The fraction of sp³-hybridized carbons (Fsp3) is 0.550. The SMILES string of the molecule is CSc1nc(C)nc(-c2cc(CN3CCN(C(=O)OC(C)(C)C)CC3)cnc2F)n1. The first-order chi connectivity index (χ1) is 14.1. The van der Waals surface area contributed by atoms with Crippen molar-refractivity contribution in [1.82, 2.24) is 29.7 Å². The van der Waals surface area contributed by atoms with E-state index in [1.54, 1.807) is 17.9 Å². The van der Waals surface area contributed by atoms with E-state index in [9.17, 15) is 9.18 Å². The van der Waals surface area contributed by atoms with Crippen molar-refractivity contribution in [3.63, 3.8) is 0 Å². The van der Waals surface area contributed by atoms with Crippen molar-refractivity contribution in [2.45, 2.75) is 45.0 Å². The molecule has 8 nitrogen and oxygen atoms in total. The Morgan fingerprint density at radius 3 is 2.53 bits per heavy atom. The molecule has 0 saturated carbocycles. The number of aryl methyl sites for hydroxylation is 1. The summed E-state index contributed by atoms with van der Waals surface area (Å²) in [6.45, 7) is 10.5. The Morgan fingerprint density at radius 1 is 1.20 bits per heavy atom. The summed E-state index contributed by atoms with van der Waals surface area (Å²) < 4.78 is 19.8. The molecule has 1 saturated heterocycles. The lowest BCUT2D eigenvalue weighted by atomic mass is 10.1. The molecular weight excluding hydrogens is 407 g/mol. The maximum Gasteiger partial charge on any atom is 0.410 e. The van der Waals surface area contributed by atoms with Gasteiger partial charge in [-0.3, -0.25) is 4.90 Å². The predicted octanol–water partition coefficient (Wildman–Crippen LogP) is 3.16. The number of ether oxygens (including phenoxy) is 1. The monoisotopic (exact) mass is 434 g/mol. The summed E-state index contributed by atoms with van der Waals surface area (Å²) in [7, 11) is 0. The summed E-state index contributed by atoms with van der Waals surface area (Å²) in [5.74, 6) is 0.215. The van der Waals surface area contributed by atoms with Crippen LogP contribution in [-0.2, 0) is 11.3 Å². The van der Waals surface area contributed by atoms with Crippen LogP contribution in [-0.4, -0.2) is 73.9 Å². The number of rotatable bonds is 4. The first-order valence-electron chi connectivity index (χ1n) is 9.76. The maximum absolute atomic E-state index is 14.4. The number of amides is 1. The van der Waals surface area contributed by atoms with Crippen LogP contribution in [0.4, 0.5) is 9.18 Å². The van der Waals surface area contributed by atoms with E-state index in [1.807, 2.05) is 27.0 Å². The molecule has 0 aromatic carbocycles. The lowest BCUT2D eigenvalue weighted by molar-refractivity contribution is 0.0139. The molecule has 0 N–H and O–H groups in total. The van der Waals surface area contributed by atoms with Gasteiger partial charge in [-0.1, -0.05) is 11.8 Å². The van der Waals surface area contributed by atoms with Gasteiger partial charge in [0.15, 0.2) is 11.0 Å². The van der Waals surface area contributed by atoms with E-state index in [4.69, 9.17) is 4.74 Å². The Kier molecular flexibility index (Phi) is 6.87. The van der Waals surface area contributed by atoms with Crippen LogP contribution in [0.2, 0.25) is 0 Å². The zero-order chi connectivity index (χ0) is 21.9. The zero-order valence-electron chi connectivity index (χ0n) is 18.0. The number of piperazine rings is 1. The standard InChI is InChI=1S/C20H27FN6O2S/c1-13-23-17(25-18(24-13)30-5)15-10-14(11-22-16(15)21)12-26-6-8-27(9-7-26)19(28)29-20(2,3)4/h10-11H,6-9,12H2,1-5H3. The van der Waals surface area contributed by atoms with Crippen LogP contribution in [0.3, 0.4) is 0 Å². The second-order valence-corrected chi connectivity index (χ2v) is 8.89. The van der Waals surface area contributed by atoms with Gasteiger partial charge in [0.05, 0.1) is 5.56 Å². The number of nitrogens with zero attached hydrogens (tertiary/aromatic N) is 6. The third-order valence-electron chi connectivity index (χ3n) is 4.48. The van der Waals surface area contributed by atoms with E-state index in [2.05, 4.69) is 24.8 Å². The highest BCUT2D eigenvalue weighted by molar-refractivity contribution is 7.98. The van der Waals surface area contributed by atoms with Gasteiger partial charge in [-0.05, 0) is 45.6 Å². The molecule has 1 aliphatic heterocycles. The van der Waals surface area contributed by atoms with E-state index < -0.39 is 11.5 Å². The summed E-state index contributed by atoms with van der Waals surface area (Å²) in [5.41, 5.74) is 0.620. The molecular formula is C20H27FN6O2S. The molecule has 10 heteroatoms. The Morgan fingerprint density at radius 2 is 1.90 bits per heavy atom. The summed E-state index contributed by atoms with van der Waals surface area (Å²) in [6.07, 6.45) is 3.10. The van der Waals surface area contributed by atoms with Gasteiger partial charge in [0.25, 0.3) is 0 Å². The molecule has 0 spiro atoms. The van der Waals surface area contributed by atoms with Gasteiger partial charge in [-0.25, -0.2) is 24.7 Å². The number of hydrogen-bond donors (Lipinski definition) is 0. The molecule has 162 valence electrons. The summed E-state index contributed by atoms with van der Waals surface area (Å²) in [4.78, 5) is 32.8. The smallest absolute Gasteiger partial charge is 0.410 e. The van der Waals surface area contributed by atoms with E-state index >= 15 is 0 Å². The Bertz CT molecular complexity index is 913. The van der Waals surface area contributed by atoms with Crippen molar-refractivity contribution >= 4 is 17.9 Å². The summed E-state index contributed by atoms with van der Waals surface area (Å²) >= 11 is 1.38. The van der Waals surface area contributed by atoms with Crippen molar-refractivity contribution in [2.75, 3.05) is 32.4 Å². The van der Waals surface area contributed by atoms with Crippen LogP contribution in [0.15, 0.2) is 17.4 Å². The molecule has 3 rings (SSSR count). The van der Waals surface area contributed by atoms with Crippen LogP contribution in [0.1, 0.15) is 32.2 Å². The number of hydrogen-bond acceptors (Lipinski definition) is 8. The Labute approximate surface area is 180 Å². The second kappa shape index (κ2) is 9.22. The summed E-state index contributed by atoms with van der Waals surface area (Å²) in [6, 6.07) is 1.74. The van der Waals surface area contributed by atoms with Gasteiger partial charge in [0.2, 0.25) is 5.95 Å². The van der Waals surface area contributed by atoms with Crippen LogP contribution < -0.4 is 0 Å². The molecule has 3 heterocycles. The number of halogens is 1. The molecule has 2 aromatic rings. The molecule has 0 aliphatic carbocycles. The van der Waals surface area contributed by atoms with Gasteiger partial charge in [0, 0.05) is 38.9 Å². The van der Waals surface area contributed by atoms with Crippen LogP contribution in [0.25, 0.3) is 11.4 Å². The lowest BCUT2D eigenvalue weighted by Gasteiger charge is -2.35. The number of carbonyl (C=O) groups excluding carboxylic acids is 1. The van der Waals surface area contributed by atoms with E-state index in [1.165, 1.54) is 18.0 Å². The van der Waals surface area contributed by atoms with Crippen LogP contribution >= 0.6 is 11.8 Å². The molecule has 2 aromatic heterocycles. The van der Waals surface area contributed by atoms with Gasteiger partial charge in [-0.2, -0.15) is 4.39 Å². The maximum atomic E-state index is 14.4. The Balaban J connectivity index is 1.67. The highest BCUT2D eigenvalue weighted by Crippen LogP contribution is 2.22. The fourth-order valence-electron chi connectivity index (χ4n) is 3.08. The third-order valence-corrected chi connectivity index (χ3v) is 5.02. The molecule has 1 amide bonds. The van der Waals surface area contributed by atoms with Crippen molar-refractivity contribution in [2.24, 2.45) is 0 Å². The molecule has 1 fully saturated rings. The van der Waals surface area contributed by atoms with Crippen LogP contribution in [0.5, 0.6) is 0 Å². The second-order valence-electron chi connectivity index (χ2n) is 8.12. The van der Waals surface area contributed by atoms with Gasteiger partial charge < -0.3 is 9.64 Å². The molecule has 0 bridgehead atoms. The van der Waals surface area contributed by atoms with E-state index in [0.717, 1.165) is 5.56 Å². The van der Waals surface area contributed by atoms with Crippen LogP contribution in [0, 0.1) is 12.9 Å². The minimum Gasteiger partial charge on any atom is -0.444 e. The van der Waals surface area contributed by atoms with Crippen molar-refractivity contribution < 1.29 is 13.9 Å².